The number of carbonyl (C=O) groups is 4. The molecule has 0 spiro atoms. The van der Waals surface area contributed by atoms with E-state index in [1.165, 1.54) is 6.92 Å². The SMILES string of the molecule is [2H]C(=O)CCCOCCOCC(COCCOCCNC([2H])=O)(COCCOCCNC([2H])=O)COCCOCCNC(C)=O. The Morgan fingerprint density at radius 2 is 0.976 bits per heavy atom. The molecule has 3 amide bonds. The molecule has 246 valence electrons. The van der Waals surface area contributed by atoms with Gasteiger partial charge in [0.1, 0.15) is 10.4 Å². The zero-order valence-electron chi connectivity index (χ0n) is 27.7. The molecule has 0 saturated carbocycles. The van der Waals surface area contributed by atoms with Crippen molar-refractivity contribution in [2.75, 3.05) is 125 Å². The predicted molar refractivity (Wildman–Crippen MR) is 151 cm³/mol. The highest BCUT2D eigenvalue weighted by Gasteiger charge is 2.32. The number of rotatable bonds is 33. The van der Waals surface area contributed by atoms with Crippen LogP contribution in [0.1, 0.15) is 23.9 Å². The highest BCUT2D eigenvalue weighted by molar-refractivity contribution is 5.72. The van der Waals surface area contributed by atoms with Crippen molar-refractivity contribution in [3.63, 3.8) is 0 Å². The van der Waals surface area contributed by atoms with Gasteiger partial charge in [-0.15, -0.1) is 0 Å². The first-order valence-electron chi connectivity index (χ1n) is 15.5. The van der Waals surface area contributed by atoms with Gasteiger partial charge in [0, 0.05) is 39.6 Å². The Morgan fingerprint density at radius 3 is 1.36 bits per heavy atom. The lowest BCUT2D eigenvalue weighted by atomic mass is 9.92. The lowest BCUT2D eigenvalue weighted by Gasteiger charge is -2.33. The van der Waals surface area contributed by atoms with Crippen LogP contribution >= 0.6 is 0 Å². The molecule has 0 radical (unpaired) electrons. The Hall–Kier alpha value is -2.24. The third-order valence-electron chi connectivity index (χ3n) is 5.20. The van der Waals surface area contributed by atoms with E-state index in [2.05, 4.69) is 16.0 Å². The third-order valence-corrected chi connectivity index (χ3v) is 5.20. The van der Waals surface area contributed by atoms with Crippen molar-refractivity contribution >= 4 is 24.9 Å². The van der Waals surface area contributed by atoms with Gasteiger partial charge in [0.05, 0.1) is 105 Å². The van der Waals surface area contributed by atoms with Crippen LogP contribution in [0.2, 0.25) is 0 Å². The first-order chi connectivity index (χ1) is 21.7. The van der Waals surface area contributed by atoms with E-state index in [1.807, 2.05) is 0 Å². The second-order valence-corrected chi connectivity index (χ2v) is 8.95. The molecule has 0 unspecified atom stereocenters. The zero-order valence-corrected chi connectivity index (χ0v) is 24.7. The van der Waals surface area contributed by atoms with E-state index in [0.29, 0.717) is 39.4 Å². The fourth-order valence-corrected chi connectivity index (χ4v) is 3.18. The Labute approximate surface area is 253 Å². The Morgan fingerprint density at radius 1 is 0.595 bits per heavy atom. The topological polar surface area (TPSA) is 178 Å². The molecule has 0 bridgehead atoms. The number of nitrogens with one attached hydrogen (secondary N) is 3. The molecule has 15 nitrogen and oxygen atoms in total. The highest BCUT2D eigenvalue weighted by atomic mass is 16.6. The Bertz CT molecular complexity index is 661. The number of aldehydes is 1. The van der Waals surface area contributed by atoms with Gasteiger partial charge >= 0.3 is 0 Å². The van der Waals surface area contributed by atoms with Crippen molar-refractivity contribution in [2.45, 2.75) is 19.8 Å². The first kappa shape index (κ1) is 34.3. The molecule has 0 aliphatic heterocycles. The van der Waals surface area contributed by atoms with Gasteiger partial charge in [0.15, 0.2) is 0 Å². The van der Waals surface area contributed by atoms with Crippen molar-refractivity contribution in [2.24, 2.45) is 5.41 Å². The maximum absolute atomic E-state index is 11.0. The molecule has 0 saturated heterocycles. The molecule has 0 aliphatic rings. The molecule has 0 aromatic carbocycles. The van der Waals surface area contributed by atoms with Crippen molar-refractivity contribution in [1.82, 2.24) is 16.0 Å². The smallest absolute Gasteiger partial charge is 0.216 e. The van der Waals surface area contributed by atoms with Crippen LogP contribution in [0.15, 0.2) is 0 Å². The van der Waals surface area contributed by atoms with Crippen molar-refractivity contribution in [3.8, 4) is 0 Å². The third kappa shape index (κ3) is 27.9. The second kappa shape index (κ2) is 31.7. The van der Waals surface area contributed by atoms with Gasteiger partial charge in [-0.25, -0.2) is 0 Å². The summed E-state index contributed by atoms with van der Waals surface area (Å²) in [5, 5.41) is 7.29. The van der Waals surface area contributed by atoms with Gasteiger partial charge in [-0.1, -0.05) is 0 Å². The maximum Gasteiger partial charge on any atom is 0.216 e. The molecule has 0 aliphatic carbocycles. The number of carbonyl (C=O) groups excluding carboxylic acids is 4. The number of amides is 3. The summed E-state index contributed by atoms with van der Waals surface area (Å²) in [5.41, 5.74) is -0.744. The molecule has 0 rings (SSSR count). The summed E-state index contributed by atoms with van der Waals surface area (Å²) >= 11 is 0. The predicted octanol–water partition coefficient (Wildman–Crippen LogP) is -1.29. The monoisotopic (exact) mass is 612 g/mol. The van der Waals surface area contributed by atoms with Crippen LogP contribution in [0.5, 0.6) is 0 Å². The molecular formula is C27H51N3O12. The van der Waals surface area contributed by atoms with Gasteiger partial charge in [-0.3, -0.25) is 14.4 Å². The lowest BCUT2D eigenvalue weighted by molar-refractivity contribution is -0.121. The summed E-state index contributed by atoms with van der Waals surface area (Å²) in [6.07, 6.45) is -1.79. The first-order valence-corrected chi connectivity index (χ1v) is 14.0. The van der Waals surface area contributed by atoms with E-state index in [9.17, 15) is 19.2 Å². The van der Waals surface area contributed by atoms with Crippen molar-refractivity contribution < 1.29 is 61.2 Å². The standard InChI is InChI=1S/C27H51N3O12/c1-26(34)30-6-11-38-15-19-42-23-27(20-39-16-12-35-8-3-2-7-31,21-40-17-13-36-9-4-28-24-32)22-41-18-14-37-10-5-29-25-33/h7,24-25H,2-6,8-23H2,1H3,(H,28,32)(H,29,33)(H,30,34)/i7D,24D,25D. The van der Waals surface area contributed by atoms with E-state index in [4.69, 9.17) is 42.0 Å². The van der Waals surface area contributed by atoms with Crippen LogP contribution in [0.3, 0.4) is 0 Å². The fourth-order valence-electron chi connectivity index (χ4n) is 3.18. The van der Waals surface area contributed by atoms with E-state index >= 15 is 0 Å². The van der Waals surface area contributed by atoms with E-state index in [0.717, 1.165) is 0 Å². The fraction of sp³-hybridized carbons (Fsp3) is 0.852. The molecule has 0 aromatic heterocycles. The summed E-state index contributed by atoms with van der Waals surface area (Å²) in [4.78, 5) is 43.0. The summed E-state index contributed by atoms with van der Waals surface area (Å²) in [5.74, 6) is -0.136. The minimum absolute atomic E-state index is 0.136. The van der Waals surface area contributed by atoms with Crippen LogP contribution in [0.25, 0.3) is 0 Å². The molecule has 0 heterocycles. The summed E-state index contributed by atoms with van der Waals surface area (Å²) in [6.45, 7) is 6.29. The second-order valence-electron chi connectivity index (χ2n) is 8.95. The molecular weight excluding hydrogens is 558 g/mol. The Kier molecular flexibility index (Phi) is 25.8. The lowest BCUT2D eigenvalue weighted by Crippen LogP contribution is -2.43. The molecule has 0 aromatic rings. The number of ether oxygens (including phenoxy) is 8. The molecule has 3 N–H and O–H groups in total. The molecule has 15 heteroatoms. The summed E-state index contributed by atoms with van der Waals surface area (Å²) in [7, 11) is 0. The van der Waals surface area contributed by atoms with Crippen LogP contribution in [0, 0.1) is 5.41 Å². The van der Waals surface area contributed by atoms with Crippen LogP contribution in [-0.2, 0) is 57.1 Å². The highest BCUT2D eigenvalue weighted by Crippen LogP contribution is 2.21. The maximum atomic E-state index is 11.0. The number of hydrogen-bond acceptors (Lipinski definition) is 12. The van der Waals surface area contributed by atoms with Gasteiger partial charge in [-0.2, -0.15) is 0 Å². The van der Waals surface area contributed by atoms with Gasteiger partial charge in [-0.05, 0) is 6.42 Å². The summed E-state index contributed by atoms with van der Waals surface area (Å²) < 4.78 is 66.0. The van der Waals surface area contributed by atoms with Crippen LogP contribution < -0.4 is 16.0 Å². The van der Waals surface area contributed by atoms with Crippen LogP contribution in [0.4, 0.5) is 0 Å². The normalized spacial score (nSPS) is 12.3. The molecule has 42 heavy (non-hydrogen) atoms. The van der Waals surface area contributed by atoms with Crippen LogP contribution in [-0.4, -0.2) is 150 Å². The van der Waals surface area contributed by atoms with Gasteiger partial charge < -0.3 is 58.6 Å². The number of hydrogen-bond donors (Lipinski definition) is 3. The van der Waals surface area contributed by atoms with E-state index < -0.39 is 24.4 Å². The van der Waals surface area contributed by atoms with Gasteiger partial charge in [0.25, 0.3) is 0 Å². The summed E-state index contributed by atoms with van der Waals surface area (Å²) in [6, 6.07) is 0. The van der Waals surface area contributed by atoms with E-state index in [-0.39, 0.29) is 105 Å². The average molecular weight is 613 g/mol. The van der Waals surface area contributed by atoms with Crippen molar-refractivity contribution in [3.05, 3.63) is 0 Å². The minimum Gasteiger partial charge on any atom is -0.379 e. The molecule has 0 fully saturated rings. The quantitative estimate of drug-likeness (QED) is 0.0591. The minimum atomic E-state index is -0.879. The van der Waals surface area contributed by atoms with E-state index in [1.54, 1.807) is 0 Å². The largest absolute Gasteiger partial charge is 0.379 e. The Balaban J connectivity index is 4.95. The van der Waals surface area contributed by atoms with Crippen molar-refractivity contribution in [1.29, 1.82) is 0 Å². The average Bonchev–Trinajstić information content (AvgIpc) is 2.97. The molecule has 0 atom stereocenters. The zero-order chi connectivity index (χ0) is 33.4. The van der Waals surface area contributed by atoms with Gasteiger partial charge in [0.2, 0.25) is 18.7 Å².